The lowest BCUT2D eigenvalue weighted by molar-refractivity contribution is -0.136. The zero-order valence-corrected chi connectivity index (χ0v) is 12.2. The van der Waals surface area contributed by atoms with E-state index in [2.05, 4.69) is 0 Å². The number of benzene rings is 2. The van der Waals surface area contributed by atoms with Gasteiger partial charge in [0.15, 0.2) is 0 Å². The van der Waals surface area contributed by atoms with Crippen molar-refractivity contribution >= 4 is 11.9 Å². The molecule has 1 aliphatic rings. The lowest BCUT2D eigenvalue weighted by atomic mass is 10.2. The molecule has 0 spiro atoms. The van der Waals surface area contributed by atoms with E-state index in [1.54, 1.807) is 48.5 Å². The van der Waals surface area contributed by atoms with Crippen molar-refractivity contribution in [2.75, 3.05) is 0 Å². The number of carbonyl (C=O) groups is 2. The third-order valence-corrected chi connectivity index (χ3v) is 3.66. The van der Waals surface area contributed by atoms with Crippen LogP contribution in [0.1, 0.15) is 23.7 Å². The molecular formula is C18H16O4. The van der Waals surface area contributed by atoms with Crippen molar-refractivity contribution < 1.29 is 19.1 Å². The molecule has 0 unspecified atom stereocenters. The second kappa shape index (κ2) is 6.02. The summed E-state index contributed by atoms with van der Waals surface area (Å²) in [4.78, 5) is 23.8. The third kappa shape index (κ3) is 3.34. The molecule has 1 aliphatic carbocycles. The number of hydrogen-bond acceptors (Lipinski definition) is 4. The molecule has 3 rings (SSSR count). The van der Waals surface area contributed by atoms with Crippen LogP contribution in [0, 0.1) is 11.8 Å². The minimum atomic E-state index is -0.445. The highest BCUT2D eigenvalue weighted by Crippen LogP contribution is 2.39. The zero-order valence-electron chi connectivity index (χ0n) is 12.2. The molecule has 0 saturated heterocycles. The summed E-state index contributed by atoms with van der Waals surface area (Å²) in [5.41, 5.74) is 0.469. The number of hydrogen-bond donors (Lipinski definition) is 0. The van der Waals surface area contributed by atoms with E-state index in [4.69, 9.17) is 9.47 Å². The minimum Gasteiger partial charge on any atom is -0.426 e. The number of esters is 2. The monoisotopic (exact) mass is 296 g/mol. The summed E-state index contributed by atoms with van der Waals surface area (Å²) in [6.45, 7) is 2.02. The Balaban J connectivity index is 1.66. The summed E-state index contributed by atoms with van der Waals surface area (Å²) in [5.74, 6) is 0.464. The van der Waals surface area contributed by atoms with Gasteiger partial charge in [-0.25, -0.2) is 4.79 Å². The number of rotatable bonds is 4. The summed E-state index contributed by atoms with van der Waals surface area (Å²) in [6, 6.07) is 15.3. The second-order valence-corrected chi connectivity index (χ2v) is 5.47. The number of ether oxygens (including phenoxy) is 2. The molecule has 2 aromatic carbocycles. The molecule has 22 heavy (non-hydrogen) atoms. The van der Waals surface area contributed by atoms with Gasteiger partial charge in [-0.3, -0.25) is 4.79 Å². The first kappa shape index (κ1) is 14.3. The van der Waals surface area contributed by atoms with Gasteiger partial charge in [0, 0.05) is 6.07 Å². The lowest BCUT2D eigenvalue weighted by Gasteiger charge is -2.07. The van der Waals surface area contributed by atoms with Crippen molar-refractivity contribution in [3.8, 4) is 11.5 Å². The Labute approximate surface area is 128 Å². The van der Waals surface area contributed by atoms with E-state index in [0.29, 0.717) is 23.0 Å². The van der Waals surface area contributed by atoms with Gasteiger partial charge in [-0.05, 0) is 36.6 Å². The Morgan fingerprint density at radius 2 is 1.59 bits per heavy atom. The smallest absolute Gasteiger partial charge is 0.343 e. The van der Waals surface area contributed by atoms with Crippen LogP contribution in [-0.2, 0) is 4.79 Å². The van der Waals surface area contributed by atoms with Crippen LogP contribution in [0.3, 0.4) is 0 Å². The van der Waals surface area contributed by atoms with Crippen LogP contribution in [0.15, 0.2) is 54.6 Å². The normalized spacial score (nSPS) is 19.3. The highest BCUT2D eigenvalue weighted by atomic mass is 16.5. The van der Waals surface area contributed by atoms with Crippen molar-refractivity contribution in [1.82, 2.24) is 0 Å². The second-order valence-electron chi connectivity index (χ2n) is 5.47. The van der Waals surface area contributed by atoms with Gasteiger partial charge in [0.05, 0.1) is 11.5 Å². The molecule has 0 aromatic heterocycles. The Bertz CT molecular complexity index is 693. The van der Waals surface area contributed by atoms with E-state index in [9.17, 15) is 9.59 Å². The molecular weight excluding hydrogens is 280 g/mol. The maximum Gasteiger partial charge on any atom is 0.343 e. The molecule has 2 aromatic rings. The Morgan fingerprint density at radius 3 is 2.23 bits per heavy atom. The summed E-state index contributed by atoms with van der Waals surface area (Å²) in [7, 11) is 0. The van der Waals surface area contributed by atoms with E-state index in [0.717, 1.165) is 6.42 Å². The van der Waals surface area contributed by atoms with Crippen LogP contribution in [-0.4, -0.2) is 11.9 Å². The van der Waals surface area contributed by atoms with Gasteiger partial charge in [-0.2, -0.15) is 0 Å². The van der Waals surface area contributed by atoms with Crippen LogP contribution in [0.25, 0.3) is 0 Å². The summed E-state index contributed by atoms with van der Waals surface area (Å²) < 4.78 is 10.6. The highest BCUT2D eigenvalue weighted by molar-refractivity contribution is 5.91. The number of carbonyl (C=O) groups excluding carboxylic acids is 2. The Morgan fingerprint density at radius 1 is 0.955 bits per heavy atom. The third-order valence-electron chi connectivity index (χ3n) is 3.66. The highest BCUT2D eigenvalue weighted by Gasteiger charge is 2.40. The molecule has 112 valence electrons. The van der Waals surface area contributed by atoms with Crippen molar-refractivity contribution in [2.45, 2.75) is 13.3 Å². The largest absolute Gasteiger partial charge is 0.426 e. The van der Waals surface area contributed by atoms with Gasteiger partial charge >= 0.3 is 11.9 Å². The SMILES string of the molecule is C[C@H]1C[C@@H]1C(=O)Oc1cccc(OC(=O)c2ccccc2)c1. The quantitative estimate of drug-likeness (QED) is 0.640. The molecule has 0 heterocycles. The molecule has 0 amide bonds. The maximum atomic E-state index is 12.0. The summed E-state index contributed by atoms with van der Waals surface area (Å²) in [5, 5.41) is 0. The van der Waals surface area contributed by atoms with Crippen LogP contribution >= 0.6 is 0 Å². The standard InChI is InChI=1S/C18H16O4/c1-12-10-16(12)18(20)22-15-9-5-8-14(11-15)21-17(19)13-6-3-2-4-7-13/h2-9,11-12,16H,10H2,1H3/t12-,16-/m0/s1. The van der Waals surface area contributed by atoms with Gasteiger partial charge in [0.2, 0.25) is 0 Å². The van der Waals surface area contributed by atoms with Crippen molar-refractivity contribution in [3.05, 3.63) is 60.2 Å². The molecule has 1 saturated carbocycles. The Kier molecular flexibility index (Phi) is 3.92. The first-order valence-corrected chi connectivity index (χ1v) is 7.22. The first-order valence-electron chi connectivity index (χ1n) is 7.22. The minimum absolute atomic E-state index is 0.00414. The maximum absolute atomic E-state index is 12.0. The molecule has 4 heteroatoms. The molecule has 0 aliphatic heterocycles. The molecule has 2 atom stereocenters. The summed E-state index contributed by atoms with van der Waals surface area (Å²) in [6.07, 6.45) is 0.877. The zero-order chi connectivity index (χ0) is 15.5. The van der Waals surface area contributed by atoms with Crippen molar-refractivity contribution in [2.24, 2.45) is 11.8 Å². The van der Waals surface area contributed by atoms with Crippen LogP contribution in [0.5, 0.6) is 11.5 Å². The van der Waals surface area contributed by atoms with Gasteiger partial charge in [0.1, 0.15) is 11.5 Å². The molecule has 0 bridgehead atoms. The van der Waals surface area contributed by atoms with E-state index < -0.39 is 5.97 Å². The molecule has 1 fully saturated rings. The average Bonchev–Trinajstić information content (AvgIpc) is 3.25. The summed E-state index contributed by atoms with van der Waals surface area (Å²) >= 11 is 0. The van der Waals surface area contributed by atoms with Crippen molar-refractivity contribution in [3.63, 3.8) is 0 Å². The van der Waals surface area contributed by atoms with Crippen LogP contribution in [0.4, 0.5) is 0 Å². The predicted octanol–water partition coefficient (Wildman–Crippen LogP) is 3.47. The van der Waals surface area contributed by atoms with E-state index in [1.807, 2.05) is 13.0 Å². The van der Waals surface area contributed by atoms with E-state index >= 15 is 0 Å². The van der Waals surface area contributed by atoms with Gasteiger partial charge in [0.25, 0.3) is 0 Å². The van der Waals surface area contributed by atoms with Crippen LogP contribution in [0.2, 0.25) is 0 Å². The molecule has 0 radical (unpaired) electrons. The van der Waals surface area contributed by atoms with Gasteiger partial charge < -0.3 is 9.47 Å². The lowest BCUT2D eigenvalue weighted by Crippen LogP contribution is -2.11. The predicted molar refractivity (Wildman–Crippen MR) is 80.7 cm³/mol. The average molecular weight is 296 g/mol. The fraction of sp³-hybridized carbons (Fsp3) is 0.222. The molecule has 4 nitrogen and oxygen atoms in total. The van der Waals surface area contributed by atoms with Gasteiger partial charge in [-0.1, -0.05) is 31.2 Å². The van der Waals surface area contributed by atoms with Gasteiger partial charge in [-0.15, -0.1) is 0 Å². The Hall–Kier alpha value is -2.62. The fourth-order valence-corrected chi connectivity index (χ4v) is 2.18. The fourth-order valence-electron chi connectivity index (χ4n) is 2.18. The topological polar surface area (TPSA) is 52.6 Å². The first-order chi connectivity index (χ1) is 10.6. The van der Waals surface area contributed by atoms with E-state index in [-0.39, 0.29) is 11.9 Å². The van der Waals surface area contributed by atoms with Crippen molar-refractivity contribution in [1.29, 1.82) is 0 Å². The van der Waals surface area contributed by atoms with E-state index in [1.165, 1.54) is 0 Å². The molecule has 0 N–H and O–H groups in total. The van der Waals surface area contributed by atoms with Crippen LogP contribution < -0.4 is 9.47 Å².